The lowest BCUT2D eigenvalue weighted by Crippen LogP contribution is -2.47. The molecule has 1 aromatic heterocycles. The molecule has 0 bridgehead atoms. The van der Waals surface area contributed by atoms with Gasteiger partial charge in [0.25, 0.3) is 11.5 Å². The largest absolute Gasteiger partial charge is 0.505 e. The van der Waals surface area contributed by atoms with Gasteiger partial charge in [0.15, 0.2) is 11.4 Å². The standard InChI is InChI=1S/C17H17Cl2N3O5/c18-10-1-2-12(11(19)5-10)22-15(26)6-14(25)16(20-22)17(27)21-4-3-13(24)9(7-21)8-23/h1-2,5-6,9,13,23-25H,3-4,7-8H2/t9-,13-/m0/s1. The maximum atomic E-state index is 12.8. The molecule has 27 heavy (non-hydrogen) atoms. The number of halogens is 2. The lowest BCUT2D eigenvalue weighted by atomic mass is 9.95. The van der Waals surface area contributed by atoms with E-state index in [9.17, 15) is 24.9 Å². The molecule has 1 amide bonds. The molecule has 10 heteroatoms. The van der Waals surface area contributed by atoms with Gasteiger partial charge in [0.2, 0.25) is 0 Å². The highest BCUT2D eigenvalue weighted by Crippen LogP contribution is 2.25. The number of likely N-dealkylation sites (tertiary alicyclic amines) is 1. The number of carbonyl (C=O) groups excluding carboxylic acids is 1. The number of piperidine rings is 1. The number of aliphatic hydroxyl groups is 2. The van der Waals surface area contributed by atoms with E-state index in [2.05, 4.69) is 5.10 Å². The highest BCUT2D eigenvalue weighted by atomic mass is 35.5. The molecule has 0 saturated carbocycles. The van der Waals surface area contributed by atoms with Crippen molar-refractivity contribution in [3.05, 3.63) is 50.4 Å². The Balaban J connectivity index is 1.99. The number of aromatic hydroxyl groups is 1. The van der Waals surface area contributed by atoms with E-state index in [0.717, 1.165) is 10.7 Å². The number of benzene rings is 1. The van der Waals surface area contributed by atoms with E-state index in [-0.39, 0.29) is 36.1 Å². The molecule has 0 unspecified atom stereocenters. The minimum atomic E-state index is -0.706. The summed E-state index contributed by atoms with van der Waals surface area (Å²) in [6.07, 6.45) is -0.414. The molecule has 144 valence electrons. The number of carbonyl (C=O) groups is 1. The summed E-state index contributed by atoms with van der Waals surface area (Å²) in [5.41, 5.74) is -0.785. The van der Waals surface area contributed by atoms with Crippen LogP contribution >= 0.6 is 23.2 Å². The summed E-state index contributed by atoms with van der Waals surface area (Å²) < 4.78 is 0.911. The van der Waals surface area contributed by atoms with Crippen molar-refractivity contribution in [1.29, 1.82) is 0 Å². The average molecular weight is 414 g/mol. The van der Waals surface area contributed by atoms with Crippen LogP contribution in [0.4, 0.5) is 0 Å². The molecule has 0 radical (unpaired) electrons. The first-order chi connectivity index (χ1) is 12.8. The molecule has 0 spiro atoms. The summed E-state index contributed by atoms with van der Waals surface area (Å²) in [5, 5.41) is 33.8. The fraction of sp³-hybridized carbons (Fsp3) is 0.353. The Morgan fingerprint density at radius 3 is 2.70 bits per heavy atom. The third kappa shape index (κ3) is 3.93. The molecule has 1 aliphatic heterocycles. The van der Waals surface area contributed by atoms with E-state index in [1.54, 1.807) is 0 Å². The zero-order chi connectivity index (χ0) is 19.7. The van der Waals surface area contributed by atoms with Crippen LogP contribution in [0.25, 0.3) is 5.69 Å². The quantitative estimate of drug-likeness (QED) is 0.692. The van der Waals surface area contributed by atoms with Crippen LogP contribution in [0.1, 0.15) is 16.9 Å². The van der Waals surface area contributed by atoms with Crippen LogP contribution in [0.15, 0.2) is 29.1 Å². The molecule has 2 heterocycles. The Bertz CT molecular complexity index is 933. The van der Waals surface area contributed by atoms with E-state index in [4.69, 9.17) is 23.2 Å². The van der Waals surface area contributed by atoms with Gasteiger partial charge in [-0.3, -0.25) is 9.59 Å². The molecular weight excluding hydrogens is 397 g/mol. The molecule has 1 aromatic carbocycles. The third-order valence-corrected chi connectivity index (χ3v) is 5.01. The maximum Gasteiger partial charge on any atom is 0.278 e. The van der Waals surface area contributed by atoms with Crippen molar-refractivity contribution in [3.63, 3.8) is 0 Å². The molecule has 2 aromatic rings. The van der Waals surface area contributed by atoms with E-state index in [0.29, 0.717) is 11.4 Å². The first kappa shape index (κ1) is 19.6. The summed E-state index contributed by atoms with van der Waals surface area (Å²) in [4.78, 5) is 26.4. The Kier molecular flexibility index (Phi) is 5.71. The van der Waals surface area contributed by atoms with Crippen LogP contribution in [-0.2, 0) is 0 Å². The van der Waals surface area contributed by atoms with Crippen LogP contribution in [0.2, 0.25) is 10.0 Å². The van der Waals surface area contributed by atoms with Gasteiger partial charge in [-0.25, -0.2) is 0 Å². The molecule has 1 aliphatic rings. The van der Waals surface area contributed by atoms with Crippen molar-refractivity contribution in [2.75, 3.05) is 19.7 Å². The van der Waals surface area contributed by atoms with Gasteiger partial charge >= 0.3 is 0 Å². The zero-order valence-electron chi connectivity index (χ0n) is 14.0. The van der Waals surface area contributed by atoms with Crippen molar-refractivity contribution in [2.24, 2.45) is 5.92 Å². The second kappa shape index (κ2) is 7.85. The van der Waals surface area contributed by atoms with Crippen molar-refractivity contribution in [3.8, 4) is 11.4 Å². The average Bonchev–Trinajstić information content (AvgIpc) is 2.62. The van der Waals surface area contributed by atoms with Crippen molar-refractivity contribution in [2.45, 2.75) is 12.5 Å². The predicted octanol–water partition coefficient (Wildman–Crippen LogP) is 1.06. The summed E-state index contributed by atoms with van der Waals surface area (Å²) in [5.74, 6) is -1.66. The molecule has 8 nitrogen and oxygen atoms in total. The third-order valence-electron chi connectivity index (χ3n) is 4.47. The second-order valence-corrected chi connectivity index (χ2v) is 7.12. The highest BCUT2D eigenvalue weighted by molar-refractivity contribution is 6.35. The van der Waals surface area contributed by atoms with Crippen LogP contribution in [0.5, 0.6) is 5.75 Å². The number of aliphatic hydroxyl groups excluding tert-OH is 2. The fourth-order valence-corrected chi connectivity index (χ4v) is 3.45. The number of aromatic nitrogens is 2. The molecule has 1 saturated heterocycles. The molecule has 0 aliphatic carbocycles. The van der Waals surface area contributed by atoms with E-state index in [1.807, 2.05) is 0 Å². The normalized spacial score (nSPS) is 19.9. The Morgan fingerprint density at radius 1 is 1.30 bits per heavy atom. The summed E-state index contributed by atoms with van der Waals surface area (Å²) in [7, 11) is 0. The molecule has 2 atom stereocenters. The van der Waals surface area contributed by atoms with Crippen molar-refractivity contribution >= 4 is 29.1 Å². The van der Waals surface area contributed by atoms with Crippen molar-refractivity contribution < 1.29 is 20.1 Å². The number of nitrogens with zero attached hydrogens (tertiary/aromatic N) is 3. The Labute approximate surface area is 164 Å². The predicted molar refractivity (Wildman–Crippen MR) is 98.6 cm³/mol. The number of amides is 1. The van der Waals surface area contributed by atoms with E-state index >= 15 is 0 Å². The topological polar surface area (TPSA) is 116 Å². The number of rotatable bonds is 3. The lowest BCUT2D eigenvalue weighted by Gasteiger charge is -2.35. The van der Waals surface area contributed by atoms with Gasteiger partial charge in [-0.15, -0.1) is 0 Å². The molecular formula is C17H17Cl2N3O5. The van der Waals surface area contributed by atoms with Crippen LogP contribution in [0.3, 0.4) is 0 Å². The lowest BCUT2D eigenvalue weighted by molar-refractivity contribution is 0.00306. The SMILES string of the molecule is O=C(c1nn(-c2ccc(Cl)cc2Cl)c(=O)cc1O)N1CC[C@H](O)[C@H](CO)C1. The summed E-state index contributed by atoms with van der Waals surface area (Å²) in [6, 6.07) is 5.30. The van der Waals surface area contributed by atoms with Gasteiger partial charge < -0.3 is 20.2 Å². The van der Waals surface area contributed by atoms with Gasteiger partial charge in [0.05, 0.1) is 23.4 Å². The minimum Gasteiger partial charge on any atom is -0.505 e. The zero-order valence-corrected chi connectivity index (χ0v) is 15.6. The van der Waals surface area contributed by atoms with Gasteiger partial charge in [-0.2, -0.15) is 9.78 Å². The monoisotopic (exact) mass is 413 g/mol. The molecule has 1 fully saturated rings. The fourth-order valence-electron chi connectivity index (χ4n) is 2.96. The van der Waals surface area contributed by atoms with Gasteiger partial charge in [-0.1, -0.05) is 23.2 Å². The molecule has 3 rings (SSSR count). The number of hydrogen-bond donors (Lipinski definition) is 3. The van der Waals surface area contributed by atoms with Gasteiger partial charge in [0, 0.05) is 30.1 Å². The number of hydrogen-bond acceptors (Lipinski definition) is 6. The Hall–Kier alpha value is -2.13. The second-order valence-electron chi connectivity index (χ2n) is 6.27. The Morgan fingerprint density at radius 2 is 2.04 bits per heavy atom. The summed E-state index contributed by atoms with van der Waals surface area (Å²) in [6.45, 7) is 0.0706. The first-order valence-corrected chi connectivity index (χ1v) is 8.94. The van der Waals surface area contributed by atoms with Gasteiger partial charge in [0.1, 0.15) is 0 Å². The highest BCUT2D eigenvalue weighted by Gasteiger charge is 2.32. The van der Waals surface area contributed by atoms with Crippen LogP contribution in [0, 0.1) is 5.92 Å². The van der Waals surface area contributed by atoms with Crippen LogP contribution in [-0.4, -0.2) is 61.7 Å². The minimum absolute atomic E-state index is 0.110. The summed E-state index contributed by atoms with van der Waals surface area (Å²) >= 11 is 12.0. The molecule has 3 N–H and O–H groups in total. The van der Waals surface area contributed by atoms with E-state index < -0.39 is 29.2 Å². The smallest absolute Gasteiger partial charge is 0.278 e. The van der Waals surface area contributed by atoms with Gasteiger partial charge in [-0.05, 0) is 24.6 Å². The first-order valence-electron chi connectivity index (χ1n) is 8.18. The van der Waals surface area contributed by atoms with Crippen molar-refractivity contribution in [1.82, 2.24) is 14.7 Å². The maximum absolute atomic E-state index is 12.8. The van der Waals surface area contributed by atoms with E-state index in [1.165, 1.54) is 23.1 Å². The van der Waals surface area contributed by atoms with Crippen LogP contribution < -0.4 is 5.56 Å².